The predicted octanol–water partition coefficient (Wildman–Crippen LogP) is 0.998. The quantitative estimate of drug-likeness (QED) is 0.816. The van der Waals surface area contributed by atoms with Crippen LogP contribution < -0.4 is 0 Å². The summed E-state index contributed by atoms with van der Waals surface area (Å²) in [6.07, 6.45) is 6.27. The molecule has 4 heterocycles. The molecule has 3 fully saturated rings. The van der Waals surface area contributed by atoms with Crippen molar-refractivity contribution < 1.29 is 4.79 Å². The van der Waals surface area contributed by atoms with Crippen molar-refractivity contribution in [3.63, 3.8) is 0 Å². The molecule has 6 nitrogen and oxygen atoms in total. The Morgan fingerprint density at radius 1 is 1.33 bits per heavy atom. The molecule has 0 aromatic carbocycles. The average molecular weight is 291 g/mol. The average Bonchev–Trinajstić information content (AvgIpc) is 2.67. The summed E-state index contributed by atoms with van der Waals surface area (Å²) >= 11 is 0. The number of carbonyl (C=O) groups is 1. The Morgan fingerprint density at radius 3 is 2.81 bits per heavy atom. The summed E-state index contributed by atoms with van der Waals surface area (Å²) in [5.74, 6) is 1.70. The Morgan fingerprint density at radius 2 is 2.14 bits per heavy atom. The fraction of sp³-hybridized carbons (Fsp3) is 0.733. The summed E-state index contributed by atoms with van der Waals surface area (Å²) in [6, 6.07) is 0.607. The topological polar surface area (TPSA) is 44.6 Å². The number of piperidine rings is 1. The van der Waals surface area contributed by atoms with Crippen LogP contribution in [0.5, 0.6) is 0 Å². The highest BCUT2D eigenvalue weighted by molar-refractivity contribution is 5.74. The van der Waals surface area contributed by atoms with E-state index in [1.165, 1.54) is 12.8 Å². The monoisotopic (exact) mass is 291 g/mol. The van der Waals surface area contributed by atoms with Crippen LogP contribution in [0.4, 0.5) is 4.79 Å². The molecule has 3 aliphatic rings. The van der Waals surface area contributed by atoms with Crippen LogP contribution in [-0.4, -0.2) is 70.1 Å². The molecule has 1 aromatic heterocycles. The van der Waals surface area contributed by atoms with Crippen molar-refractivity contribution in [2.24, 2.45) is 13.0 Å². The Kier molecular flexibility index (Phi) is 3.89. The highest BCUT2D eigenvalue weighted by atomic mass is 16.2. The third-order valence-electron chi connectivity index (χ3n) is 4.75. The maximum atomic E-state index is 12.3. The van der Waals surface area contributed by atoms with E-state index in [0.29, 0.717) is 12.0 Å². The van der Waals surface area contributed by atoms with Crippen LogP contribution in [-0.2, 0) is 13.6 Å². The van der Waals surface area contributed by atoms with Gasteiger partial charge in [0.15, 0.2) is 0 Å². The normalized spacial score (nSPS) is 26.0. The molecule has 2 amide bonds. The van der Waals surface area contributed by atoms with Crippen molar-refractivity contribution in [2.75, 3.05) is 33.7 Å². The summed E-state index contributed by atoms with van der Waals surface area (Å²) in [4.78, 5) is 22.9. The number of aryl methyl sites for hydroxylation is 1. The number of carbonyl (C=O) groups excluding carboxylic acids is 1. The SMILES string of the molecule is CN(C)C(=O)N1CC2CCC(C1)N(Cc1nccn1C)C2. The van der Waals surface area contributed by atoms with Crippen LogP contribution in [0.15, 0.2) is 12.4 Å². The number of rotatable bonds is 2. The third-order valence-corrected chi connectivity index (χ3v) is 4.75. The van der Waals surface area contributed by atoms with Crippen molar-refractivity contribution in [1.29, 1.82) is 0 Å². The second-order valence-corrected chi connectivity index (χ2v) is 6.56. The lowest BCUT2D eigenvalue weighted by molar-refractivity contribution is 0.119. The van der Waals surface area contributed by atoms with E-state index < -0.39 is 0 Å². The first kappa shape index (κ1) is 14.4. The van der Waals surface area contributed by atoms with Gasteiger partial charge in [0.1, 0.15) is 5.82 Å². The van der Waals surface area contributed by atoms with Crippen LogP contribution in [0.3, 0.4) is 0 Å². The number of imidazole rings is 1. The summed E-state index contributed by atoms with van der Waals surface area (Å²) in [5, 5.41) is 0. The summed E-state index contributed by atoms with van der Waals surface area (Å²) in [6.45, 7) is 3.70. The standard InChI is InChI=1S/C15H25N5O/c1-17(2)15(21)20-9-12-4-5-13(10-20)19(8-12)11-14-16-6-7-18(14)3/h6-7,12-13H,4-5,8-11H2,1-3H3. The van der Waals surface area contributed by atoms with Crippen molar-refractivity contribution in [1.82, 2.24) is 24.3 Å². The van der Waals surface area contributed by atoms with Crippen molar-refractivity contribution in [3.05, 3.63) is 18.2 Å². The molecular formula is C15H25N5O. The third kappa shape index (κ3) is 2.90. The summed E-state index contributed by atoms with van der Waals surface area (Å²) in [5.41, 5.74) is 0. The van der Waals surface area contributed by atoms with Crippen molar-refractivity contribution in [2.45, 2.75) is 25.4 Å². The summed E-state index contributed by atoms with van der Waals surface area (Å²) < 4.78 is 2.08. The maximum absolute atomic E-state index is 12.3. The number of hydrogen-bond acceptors (Lipinski definition) is 3. The van der Waals surface area contributed by atoms with Gasteiger partial charge in [0.25, 0.3) is 0 Å². The Balaban J connectivity index is 1.72. The van der Waals surface area contributed by atoms with Crippen molar-refractivity contribution in [3.8, 4) is 0 Å². The number of nitrogens with zero attached hydrogens (tertiary/aromatic N) is 5. The molecule has 3 aliphatic heterocycles. The first-order valence-corrected chi connectivity index (χ1v) is 7.71. The fourth-order valence-corrected chi connectivity index (χ4v) is 3.54. The molecule has 2 unspecified atom stereocenters. The van der Waals surface area contributed by atoms with E-state index in [1.807, 2.05) is 38.4 Å². The molecule has 2 atom stereocenters. The van der Waals surface area contributed by atoms with Gasteiger partial charge in [0.2, 0.25) is 0 Å². The van der Waals surface area contributed by atoms with Gasteiger partial charge in [-0.05, 0) is 18.8 Å². The summed E-state index contributed by atoms with van der Waals surface area (Å²) in [7, 11) is 5.71. The number of aromatic nitrogens is 2. The minimum absolute atomic E-state index is 0.144. The van der Waals surface area contributed by atoms with E-state index in [0.717, 1.165) is 32.0 Å². The minimum atomic E-state index is 0.144. The number of fused-ring (bicyclic) bond motifs is 4. The zero-order valence-corrected chi connectivity index (χ0v) is 13.2. The molecule has 21 heavy (non-hydrogen) atoms. The molecule has 0 radical (unpaired) electrons. The van der Waals surface area contributed by atoms with E-state index >= 15 is 0 Å². The van der Waals surface area contributed by atoms with Gasteiger partial charge in [-0.15, -0.1) is 0 Å². The molecule has 2 bridgehead atoms. The Hall–Kier alpha value is -1.56. The minimum Gasteiger partial charge on any atom is -0.337 e. The van der Waals surface area contributed by atoms with Gasteiger partial charge in [-0.25, -0.2) is 9.78 Å². The van der Waals surface area contributed by atoms with E-state index in [9.17, 15) is 4.79 Å². The molecule has 4 rings (SSSR count). The van der Waals surface area contributed by atoms with E-state index in [1.54, 1.807) is 4.90 Å². The molecule has 0 aliphatic carbocycles. The maximum Gasteiger partial charge on any atom is 0.319 e. The lowest BCUT2D eigenvalue weighted by Gasteiger charge is -2.35. The largest absolute Gasteiger partial charge is 0.337 e. The molecule has 1 aromatic rings. The first-order chi connectivity index (χ1) is 10.0. The molecular weight excluding hydrogens is 266 g/mol. The first-order valence-electron chi connectivity index (χ1n) is 7.71. The van der Waals surface area contributed by atoms with Gasteiger partial charge in [0, 0.05) is 59.2 Å². The molecule has 6 heteroatoms. The van der Waals surface area contributed by atoms with Crippen LogP contribution in [0.25, 0.3) is 0 Å². The number of hydrogen-bond donors (Lipinski definition) is 0. The fourth-order valence-electron chi connectivity index (χ4n) is 3.54. The van der Waals surface area contributed by atoms with E-state index in [2.05, 4.69) is 14.5 Å². The molecule has 3 saturated heterocycles. The van der Waals surface area contributed by atoms with Gasteiger partial charge in [-0.1, -0.05) is 0 Å². The van der Waals surface area contributed by atoms with Crippen molar-refractivity contribution >= 4 is 6.03 Å². The second-order valence-electron chi connectivity index (χ2n) is 6.56. The predicted molar refractivity (Wildman–Crippen MR) is 80.8 cm³/mol. The zero-order valence-electron chi connectivity index (χ0n) is 13.2. The van der Waals surface area contributed by atoms with E-state index in [4.69, 9.17) is 0 Å². The lowest BCUT2D eigenvalue weighted by Crippen LogP contribution is -2.45. The van der Waals surface area contributed by atoms with Gasteiger partial charge in [-0.3, -0.25) is 4.90 Å². The smallest absolute Gasteiger partial charge is 0.319 e. The lowest BCUT2D eigenvalue weighted by atomic mass is 9.95. The van der Waals surface area contributed by atoms with Gasteiger partial charge in [-0.2, -0.15) is 0 Å². The van der Waals surface area contributed by atoms with Gasteiger partial charge in [0.05, 0.1) is 6.54 Å². The Bertz CT molecular complexity index is 512. The number of amides is 2. The van der Waals surface area contributed by atoms with Gasteiger partial charge < -0.3 is 14.4 Å². The molecule has 0 saturated carbocycles. The van der Waals surface area contributed by atoms with Crippen LogP contribution in [0.2, 0.25) is 0 Å². The van der Waals surface area contributed by atoms with Gasteiger partial charge >= 0.3 is 6.03 Å². The highest BCUT2D eigenvalue weighted by Gasteiger charge is 2.37. The number of urea groups is 1. The van der Waals surface area contributed by atoms with Crippen LogP contribution >= 0.6 is 0 Å². The molecule has 0 spiro atoms. The van der Waals surface area contributed by atoms with E-state index in [-0.39, 0.29) is 6.03 Å². The zero-order chi connectivity index (χ0) is 15.0. The molecule has 116 valence electrons. The van der Waals surface area contributed by atoms with Crippen LogP contribution in [0, 0.1) is 5.92 Å². The molecule has 0 N–H and O–H groups in total. The second kappa shape index (κ2) is 5.67. The van der Waals surface area contributed by atoms with Crippen LogP contribution in [0.1, 0.15) is 18.7 Å². The Labute approximate surface area is 126 Å². The highest BCUT2D eigenvalue weighted by Crippen LogP contribution is 2.29.